The number of nitrogens with one attached hydrogen (secondary N) is 1. The normalized spacial score (nSPS) is 23.7. The molecule has 1 aliphatic heterocycles. The summed E-state index contributed by atoms with van der Waals surface area (Å²) in [6.45, 7) is 13.1. The predicted octanol–water partition coefficient (Wildman–Crippen LogP) is 3.16. The molecule has 0 aliphatic carbocycles. The molecule has 1 aromatic rings. The van der Waals surface area contributed by atoms with Crippen molar-refractivity contribution in [2.45, 2.75) is 45.7 Å². The van der Waals surface area contributed by atoms with Gasteiger partial charge < -0.3 is 10.1 Å². The van der Waals surface area contributed by atoms with Crippen molar-refractivity contribution in [3.63, 3.8) is 0 Å². The maximum absolute atomic E-state index is 5.86. The second kappa shape index (κ2) is 7.28. The van der Waals surface area contributed by atoms with Crippen molar-refractivity contribution in [1.82, 2.24) is 10.2 Å². The lowest BCUT2D eigenvalue weighted by Crippen LogP contribution is -2.63. The first-order valence-electron chi connectivity index (χ1n) is 8.19. The number of piperazine rings is 1. The van der Waals surface area contributed by atoms with Crippen molar-refractivity contribution in [2.24, 2.45) is 5.92 Å². The van der Waals surface area contributed by atoms with Crippen LogP contribution in [0.15, 0.2) is 30.3 Å². The van der Waals surface area contributed by atoms with E-state index in [1.165, 1.54) is 6.42 Å². The molecule has 0 amide bonds. The van der Waals surface area contributed by atoms with E-state index in [-0.39, 0.29) is 5.54 Å². The maximum atomic E-state index is 5.86. The number of nitrogens with zero attached hydrogens (tertiary/aromatic N) is 1. The largest absolute Gasteiger partial charge is 0.492 e. The Kier molecular flexibility index (Phi) is 5.65. The van der Waals surface area contributed by atoms with Crippen LogP contribution in [0.5, 0.6) is 5.75 Å². The average Bonchev–Trinajstić information content (AvgIpc) is 2.49. The standard InChI is InChI=1S/C18H30N2O/c1-5-15(2)17-13-20(18(3,4)14-19-17)11-12-21-16-9-7-6-8-10-16/h6-10,15,17,19H,5,11-14H2,1-4H3. The quantitative estimate of drug-likeness (QED) is 0.871. The van der Waals surface area contributed by atoms with Crippen LogP contribution < -0.4 is 10.1 Å². The Bertz CT molecular complexity index is 418. The van der Waals surface area contributed by atoms with Gasteiger partial charge in [-0.2, -0.15) is 0 Å². The van der Waals surface area contributed by atoms with Gasteiger partial charge in [0.25, 0.3) is 0 Å². The van der Waals surface area contributed by atoms with Gasteiger partial charge in [0.2, 0.25) is 0 Å². The van der Waals surface area contributed by atoms with E-state index in [9.17, 15) is 0 Å². The molecule has 1 saturated heterocycles. The highest BCUT2D eigenvalue weighted by Gasteiger charge is 2.35. The summed E-state index contributed by atoms with van der Waals surface area (Å²) in [5.74, 6) is 1.68. The van der Waals surface area contributed by atoms with Crippen molar-refractivity contribution >= 4 is 0 Å². The maximum Gasteiger partial charge on any atom is 0.119 e. The highest BCUT2D eigenvalue weighted by molar-refractivity contribution is 5.20. The van der Waals surface area contributed by atoms with Crippen molar-refractivity contribution in [3.05, 3.63) is 30.3 Å². The average molecular weight is 290 g/mol. The van der Waals surface area contributed by atoms with Gasteiger partial charge in [0.05, 0.1) is 0 Å². The molecule has 3 heteroatoms. The summed E-state index contributed by atoms with van der Waals surface area (Å²) in [6, 6.07) is 10.7. The molecular formula is C18H30N2O. The lowest BCUT2D eigenvalue weighted by molar-refractivity contribution is 0.0406. The summed E-state index contributed by atoms with van der Waals surface area (Å²) in [6.07, 6.45) is 1.23. The second-order valence-corrected chi connectivity index (χ2v) is 6.79. The fourth-order valence-corrected chi connectivity index (χ4v) is 2.89. The zero-order valence-electron chi connectivity index (χ0n) is 13.9. The van der Waals surface area contributed by atoms with Crippen LogP contribution in [0.1, 0.15) is 34.1 Å². The van der Waals surface area contributed by atoms with Crippen molar-refractivity contribution in [2.75, 3.05) is 26.2 Å². The van der Waals surface area contributed by atoms with Gasteiger partial charge in [-0.15, -0.1) is 0 Å². The molecule has 1 aromatic carbocycles. The first-order valence-corrected chi connectivity index (χ1v) is 8.19. The van der Waals surface area contributed by atoms with Gasteiger partial charge in [-0.1, -0.05) is 38.5 Å². The van der Waals surface area contributed by atoms with Crippen LogP contribution >= 0.6 is 0 Å². The Morgan fingerprint density at radius 1 is 1.33 bits per heavy atom. The van der Waals surface area contributed by atoms with Gasteiger partial charge in [0.1, 0.15) is 12.4 Å². The second-order valence-electron chi connectivity index (χ2n) is 6.79. The molecule has 1 aliphatic rings. The lowest BCUT2D eigenvalue weighted by atomic mass is 9.91. The van der Waals surface area contributed by atoms with E-state index in [0.29, 0.717) is 6.04 Å². The summed E-state index contributed by atoms with van der Waals surface area (Å²) in [5, 5.41) is 3.72. The van der Waals surface area contributed by atoms with E-state index in [4.69, 9.17) is 4.74 Å². The first kappa shape index (κ1) is 16.3. The fourth-order valence-electron chi connectivity index (χ4n) is 2.89. The Morgan fingerprint density at radius 2 is 2.05 bits per heavy atom. The molecule has 0 aromatic heterocycles. The molecule has 118 valence electrons. The van der Waals surface area contributed by atoms with E-state index < -0.39 is 0 Å². The van der Waals surface area contributed by atoms with Crippen LogP contribution in [0.2, 0.25) is 0 Å². The van der Waals surface area contributed by atoms with Crippen LogP contribution in [0.4, 0.5) is 0 Å². The van der Waals surface area contributed by atoms with Crippen molar-refractivity contribution in [3.8, 4) is 5.75 Å². The third kappa shape index (κ3) is 4.45. The van der Waals surface area contributed by atoms with E-state index in [0.717, 1.165) is 37.9 Å². The number of hydrogen-bond donors (Lipinski definition) is 1. The van der Waals surface area contributed by atoms with Gasteiger partial charge in [0.15, 0.2) is 0 Å². The molecule has 1 N–H and O–H groups in total. The molecule has 2 atom stereocenters. The summed E-state index contributed by atoms with van der Waals surface area (Å²) in [5.41, 5.74) is 0.198. The fraction of sp³-hybridized carbons (Fsp3) is 0.667. The molecule has 2 unspecified atom stereocenters. The highest BCUT2D eigenvalue weighted by Crippen LogP contribution is 2.22. The molecule has 0 saturated carbocycles. The lowest BCUT2D eigenvalue weighted by Gasteiger charge is -2.47. The highest BCUT2D eigenvalue weighted by atomic mass is 16.5. The SMILES string of the molecule is CCC(C)C1CN(CCOc2ccccc2)C(C)(C)CN1. The number of hydrogen-bond acceptors (Lipinski definition) is 3. The number of ether oxygens (including phenoxy) is 1. The smallest absolute Gasteiger partial charge is 0.119 e. The Balaban J connectivity index is 1.86. The number of rotatable bonds is 6. The minimum atomic E-state index is 0.198. The topological polar surface area (TPSA) is 24.5 Å². The molecule has 0 spiro atoms. The Labute approximate surface area is 129 Å². The van der Waals surface area contributed by atoms with Gasteiger partial charge in [-0.25, -0.2) is 0 Å². The zero-order valence-corrected chi connectivity index (χ0v) is 13.9. The third-order valence-corrected chi connectivity index (χ3v) is 4.77. The summed E-state index contributed by atoms with van der Waals surface area (Å²) in [7, 11) is 0. The van der Waals surface area contributed by atoms with Crippen LogP contribution in [0.25, 0.3) is 0 Å². The van der Waals surface area contributed by atoms with Gasteiger partial charge in [-0.3, -0.25) is 4.90 Å². The van der Waals surface area contributed by atoms with Crippen molar-refractivity contribution in [1.29, 1.82) is 0 Å². The van der Waals surface area contributed by atoms with Crippen LogP contribution in [0.3, 0.4) is 0 Å². The monoisotopic (exact) mass is 290 g/mol. The van der Waals surface area contributed by atoms with Crippen molar-refractivity contribution < 1.29 is 4.74 Å². The van der Waals surface area contributed by atoms with Crippen LogP contribution in [-0.2, 0) is 0 Å². The zero-order chi connectivity index (χ0) is 15.3. The minimum absolute atomic E-state index is 0.198. The summed E-state index contributed by atoms with van der Waals surface area (Å²) in [4.78, 5) is 2.57. The van der Waals surface area contributed by atoms with E-state index in [1.54, 1.807) is 0 Å². The molecule has 2 rings (SSSR count). The molecule has 21 heavy (non-hydrogen) atoms. The third-order valence-electron chi connectivity index (χ3n) is 4.77. The van der Waals surface area contributed by atoms with E-state index >= 15 is 0 Å². The van der Waals surface area contributed by atoms with Gasteiger partial charge in [-0.05, 0) is 31.9 Å². The van der Waals surface area contributed by atoms with E-state index in [2.05, 4.69) is 37.9 Å². The molecular weight excluding hydrogens is 260 g/mol. The molecule has 1 fully saturated rings. The predicted molar refractivity (Wildman–Crippen MR) is 88.8 cm³/mol. The van der Waals surface area contributed by atoms with Crippen LogP contribution in [-0.4, -0.2) is 42.7 Å². The minimum Gasteiger partial charge on any atom is -0.492 e. The number of para-hydroxylation sites is 1. The molecule has 0 radical (unpaired) electrons. The van der Waals surface area contributed by atoms with E-state index in [1.807, 2.05) is 30.3 Å². The summed E-state index contributed by atoms with van der Waals surface area (Å²) < 4.78 is 5.86. The van der Waals surface area contributed by atoms with Gasteiger partial charge in [0, 0.05) is 31.2 Å². The number of benzene rings is 1. The first-order chi connectivity index (χ1) is 10.0. The molecule has 3 nitrogen and oxygen atoms in total. The Morgan fingerprint density at radius 3 is 2.71 bits per heavy atom. The molecule has 0 bridgehead atoms. The van der Waals surface area contributed by atoms with Gasteiger partial charge >= 0.3 is 0 Å². The summed E-state index contributed by atoms with van der Waals surface area (Å²) >= 11 is 0. The Hall–Kier alpha value is -1.06. The van der Waals surface area contributed by atoms with Crippen LogP contribution in [0, 0.1) is 5.92 Å². The molecule has 1 heterocycles.